The predicted molar refractivity (Wildman–Crippen MR) is 101 cm³/mol. The van der Waals surface area contributed by atoms with Crippen molar-refractivity contribution in [3.63, 3.8) is 0 Å². The molecule has 1 amide bonds. The van der Waals surface area contributed by atoms with E-state index in [2.05, 4.69) is 20.6 Å². The first-order chi connectivity index (χ1) is 12.5. The van der Waals surface area contributed by atoms with Gasteiger partial charge in [-0.15, -0.1) is 0 Å². The van der Waals surface area contributed by atoms with Gasteiger partial charge in [0, 0.05) is 22.5 Å². The third-order valence-electron chi connectivity index (χ3n) is 3.61. The first-order valence-electron chi connectivity index (χ1n) is 7.72. The zero-order chi connectivity index (χ0) is 18.5. The van der Waals surface area contributed by atoms with Gasteiger partial charge in [0.2, 0.25) is 0 Å². The van der Waals surface area contributed by atoms with Gasteiger partial charge in [-0.05, 0) is 42.8 Å². The summed E-state index contributed by atoms with van der Waals surface area (Å²) in [6, 6.07) is 15.7. The number of hydrogen-bond donors (Lipinski definition) is 2. The number of benzene rings is 2. The summed E-state index contributed by atoms with van der Waals surface area (Å²) in [6.45, 7) is 1.94. The molecule has 0 saturated carbocycles. The number of amides is 1. The minimum atomic E-state index is -0.395. The topological polar surface area (TPSA) is 90.7 Å². The summed E-state index contributed by atoms with van der Waals surface area (Å²) in [5.74, 6) is 0.0784. The molecule has 128 valence electrons. The van der Waals surface area contributed by atoms with Gasteiger partial charge < -0.3 is 10.6 Å². The van der Waals surface area contributed by atoms with E-state index < -0.39 is 5.91 Å². The second-order valence-electron chi connectivity index (χ2n) is 5.52. The standard InChI is InChI=1S/C19H14ClN5O/c1-12-5-6-14(20)8-16(12)25-18-9-17(22-11-23-18)19(26)24-15-4-2-3-13(7-15)10-21/h2-9,11H,1H3,(H,24,26)(H,22,23,25). The molecule has 0 bridgehead atoms. The van der Waals surface area contributed by atoms with Gasteiger partial charge in [0.1, 0.15) is 17.8 Å². The van der Waals surface area contributed by atoms with E-state index >= 15 is 0 Å². The summed E-state index contributed by atoms with van der Waals surface area (Å²) in [5.41, 5.74) is 2.97. The van der Waals surface area contributed by atoms with Crippen molar-refractivity contribution < 1.29 is 4.79 Å². The number of halogens is 1. The third-order valence-corrected chi connectivity index (χ3v) is 3.85. The van der Waals surface area contributed by atoms with E-state index in [4.69, 9.17) is 16.9 Å². The quantitative estimate of drug-likeness (QED) is 0.720. The molecule has 2 N–H and O–H groups in total. The summed E-state index contributed by atoms with van der Waals surface area (Å²) < 4.78 is 0. The molecule has 1 aromatic heterocycles. The molecule has 0 spiro atoms. The predicted octanol–water partition coefficient (Wildman–Crippen LogP) is 4.31. The average molecular weight is 364 g/mol. The summed E-state index contributed by atoms with van der Waals surface area (Å²) in [5, 5.41) is 15.4. The van der Waals surface area contributed by atoms with E-state index in [-0.39, 0.29) is 5.69 Å². The van der Waals surface area contributed by atoms with Crippen LogP contribution < -0.4 is 10.6 Å². The number of aromatic nitrogens is 2. The Hall–Kier alpha value is -3.43. The molecule has 0 radical (unpaired) electrons. The molecule has 6 nitrogen and oxygen atoms in total. The van der Waals surface area contributed by atoms with Gasteiger partial charge in [0.25, 0.3) is 5.91 Å². The molecule has 0 aliphatic carbocycles. The maximum absolute atomic E-state index is 12.4. The molecule has 7 heteroatoms. The van der Waals surface area contributed by atoms with Crippen molar-refractivity contribution in [2.75, 3.05) is 10.6 Å². The molecule has 0 saturated heterocycles. The van der Waals surface area contributed by atoms with Crippen molar-refractivity contribution in [3.8, 4) is 6.07 Å². The van der Waals surface area contributed by atoms with Crippen molar-refractivity contribution in [3.05, 3.63) is 76.7 Å². The maximum atomic E-state index is 12.4. The molecule has 0 fully saturated rings. The van der Waals surface area contributed by atoms with E-state index in [9.17, 15) is 4.79 Å². The van der Waals surface area contributed by atoms with Crippen LogP contribution in [0, 0.1) is 18.3 Å². The second-order valence-corrected chi connectivity index (χ2v) is 5.96. The van der Waals surface area contributed by atoms with Crippen LogP contribution in [0.5, 0.6) is 0 Å². The van der Waals surface area contributed by atoms with Gasteiger partial charge in [0.05, 0.1) is 11.6 Å². The van der Waals surface area contributed by atoms with Gasteiger partial charge in [0.15, 0.2) is 0 Å². The summed E-state index contributed by atoms with van der Waals surface area (Å²) >= 11 is 6.02. The minimum absolute atomic E-state index is 0.199. The van der Waals surface area contributed by atoms with Crippen molar-refractivity contribution in [1.29, 1.82) is 5.26 Å². The van der Waals surface area contributed by atoms with Crippen LogP contribution in [0.1, 0.15) is 21.6 Å². The van der Waals surface area contributed by atoms with Gasteiger partial charge in [-0.2, -0.15) is 5.26 Å². The molecule has 0 unspecified atom stereocenters. The van der Waals surface area contributed by atoms with Crippen LogP contribution in [0.25, 0.3) is 0 Å². The lowest BCUT2D eigenvalue weighted by molar-refractivity contribution is 0.102. The Morgan fingerprint density at radius 2 is 2.00 bits per heavy atom. The Morgan fingerprint density at radius 3 is 2.81 bits per heavy atom. The van der Waals surface area contributed by atoms with Crippen LogP contribution in [0.3, 0.4) is 0 Å². The smallest absolute Gasteiger partial charge is 0.274 e. The maximum Gasteiger partial charge on any atom is 0.274 e. The summed E-state index contributed by atoms with van der Waals surface area (Å²) in [4.78, 5) is 20.5. The highest BCUT2D eigenvalue weighted by Crippen LogP contribution is 2.23. The summed E-state index contributed by atoms with van der Waals surface area (Å²) in [6.07, 6.45) is 1.31. The van der Waals surface area contributed by atoms with Crippen LogP contribution in [-0.2, 0) is 0 Å². The first-order valence-corrected chi connectivity index (χ1v) is 8.10. The highest BCUT2D eigenvalue weighted by molar-refractivity contribution is 6.30. The Kier molecular flexibility index (Phi) is 5.11. The Labute approximate surface area is 155 Å². The van der Waals surface area contributed by atoms with E-state index in [0.29, 0.717) is 22.1 Å². The van der Waals surface area contributed by atoms with Crippen molar-refractivity contribution in [2.45, 2.75) is 6.92 Å². The van der Waals surface area contributed by atoms with Gasteiger partial charge in [-0.3, -0.25) is 4.79 Å². The Bertz CT molecular complexity index is 1010. The van der Waals surface area contributed by atoms with Crippen LogP contribution in [0.2, 0.25) is 5.02 Å². The lowest BCUT2D eigenvalue weighted by Gasteiger charge is -2.10. The molecule has 0 aliphatic heterocycles. The normalized spacial score (nSPS) is 10.0. The van der Waals surface area contributed by atoms with Gasteiger partial charge >= 0.3 is 0 Å². The monoisotopic (exact) mass is 363 g/mol. The van der Waals surface area contributed by atoms with Crippen LogP contribution >= 0.6 is 11.6 Å². The second kappa shape index (κ2) is 7.64. The molecule has 0 atom stereocenters. The fourth-order valence-electron chi connectivity index (χ4n) is 2.28. The lowest BCUT2D eigenvalue weighted by atomic mass is 10.2. The summed E-state index contributed by atoms with van der Waals surface area (Å²) in [7, 11) is 0. The largest absolute Gasteiger partial charge is 0.340 e. The zero-order valence-electron chi connectivity index (χ0n) is 13.8. The van der Waals surface area contributed by atoms with Crippen LogP contribution in [0.15, 0.2) is 54.9 Å². The molecule has 26 heavy (non-hydrogen) atoms. The van der Waals surface area contributed by atoms with Crippen molar-refractivity contribution in [1.82, 2.24) is 9.97 Å². The number of anilines is 3. The Morgan fingerprint density at radius 1 is 1.15 bits per heavy atom. The molecule has 3 aromatic rings. The Balaban J connectivity index is 1.79. The number of nitrogens with one attached hydrogen (secondary N) is 2. The molecular weight excluding hydrogens is 350 g/mol. The zero-order valence-corrected chi connectivity index (χ0v) is 14.6. The highest BCUT2D eigenvalue weighted by atomic mass is 35.5. The number of carbonyl (C=O) groups is 1. The lowest BCUT2D eigenvalue weighted by Crippen LogP contribution is -2.14. The fraction of sp³-hybridized carbons (Fsp3) is 0.0526. The number of carbonyl (C=O) groups excluding carboxylic acids is 1. The molecule has 1 heterocycles. The first kappa shape index (κ1) is 17.4. The minimum Gasteiger partial charge on any atom is -0.340 e. The third kappa shape index (κ3) is 4.15. The van der Waals surface area contributed by atoms with Crippen LogP contribution in [-0.4, -0.2) is 15.9 Å². The average Bonchev–Trinajstić information content (AvgIpc) is 2.65. The van der Waals surface area contributed by atoms with E-state index in [1.54, 1.807) is 42.5 Å². The van der Waals surface area contributed by atoms with Gasteiger partial charge in [-0.1, -0.05) is 23.7 Å². The fourth-order valence-corrected chi connectivity index (χ4v) is 2.45. The number of nitrogens with zero attached hydrogens (tertiary/aromatic N) is 3. The van der Waals surface area contributed by atoms with E-state index in [1.807, 2.05) is 19.1 Å². The van der Waals surface area contributed by atoms with Crippen molar-refractivity contribution in [2.24, 2.45) is 0 Å². The van der Waals surface area contributed by atoms with E-state index in [0.717, 1.165) is 11.3 Å². The molecule has 3 rings (SSSR count). The van der Waals surface area contributed by atoms with E-state index in [1.165, 1.54) is 6.33 Å². The van der Waals surface area contributed by atoms with Gasteiger partial charge in [-0.25, -0.2) is 9.97 Å². The van der Waals surface area contributed by atoms with Crippen molar-refractivity contribution >= 4 is 34.7 Å². The number of aryl methyl sites for hydroxylation is 1. The number of nitriles is 1. The molecule has 0 aliphatic rings. The van der Waals surface area contributed by atoms with Crippen LogP contribution in [0.4, 0.5) is 17.2 Å². The molecular formula is C19H14ClN5O. The number of hydrogen-bond acceptors (Lipinski definition) is 5. The number of rotatable bonds is 4. The molecule has 2 aromatic carbocycles. The SMILES string of the molecule is Cc1ccc(Cl)cc1Nc1cc(C(=O)Nc2cccc(C#N)c2)ncn1. The highest BCUT2D eigenvalue weighted by Gasteiger charge is 2.10.